The second-order valence-corrected chi connectivity index (χ2v) is 4.14. The van der Waals surface area contributed by atoms with Gasteiger partial charge in [-0.05, 0) is 25.0 Å². The summed E-state index contributed by atoms with van der Waals surface area (Å²) < 4.78 is 1.98. The van der Waals surface area contributed by atoms with Gasteiger partial charge in [-0.1, -0.05) is 18.2 Å². The molecule has 3 nitrogen and oxygen atoms in total. The predicted octanol–water partition coefficient (Wildman–Crippen LogP) is 2.05. The number of hydrogen-bond acceptors (Lipinski definition) is 2. The van der Waals surface area contributed by atoms with E-state index in [2.05, 4.69) is 12.1 Å². The van der Waals surface area contributed by atoms with E-state index >= 15 is 0 Å². The van der Waals surface area contributed by atoms with Crippen LogP contribution in [0.2, 0.25) is 0 Å². The third-order valence-electron chi connectivity index (χ3n) is 2.65. The van der Waals surface area contributed by atoms with E-state index in [-0.39, 0.29) is 6.04 Å². The standard InChI is InChI=1S/C13H15N3/c1-10(15)8-11-9-16(7-6-14)13-5-3-2-4-12(11)13/h2-5,9-10H,7-8,15H2,1H3. The first-order valence-corrected chi connectivity index (χ1v) is 5.41. The van der Waals surface area contributed by atoms with Crippen LogP contribution in [-0.2, 0) is 13.0 Å². The molecule has 3 heteroatoms. The highest BCUT2D eigenvalue weighted by molar-refractivity contribution is 5.84. The lowest BCUT2D eigenvalue weighted by atomic mass is 10.1. The highest BCUT2D eigenvalue weighted by atomic mass is 15.0. The summed E-state index contributed by atoms with van der Waals surface area (Å²) in [7, 11) is 0. The Bertz CT molecular complexity index is 532. The van der Waals surface area contributed by atoms with Gasteiger partial charge in [-0.25, -0.2) is 0 Å². The Kier molecular flexibility index (Phi) is 2.93. The molecule has 0 bridgehead atoms. The molecule has 0 aliphatic heterocycles. The van der Waals surface area contributed by atoms with Crippen LogP contribution in [0.25, 0.3) is 10.9 Å². The lowest BCUT2D eigenvalue weighted by Crippen LogP contribution is -2.17. The topological polar surface area (TPSA) is 54.7 Å². The van der Waals surface area contributed by atoms with Crippen LogP contribution in [0.5, 0.6) is 0 Å². The summed E-state index contributed by atoms with van der Waals surface area (Å²) in [6.07, 6.45) is 2.89. The van der Waals surface area contributed by atoms with Gasteiger partial charge in [0.15, 0.2) is 0 Å². The fraction of sp³-hybridized carbons (Fsp3) is 0.308. The highest BCUT2D eigenvalue weighted by Crippen LogP contribution is 2.22. The molecule has 2 aromatic rings. The summed E-state index contributed by atoms with van der Waals surface area (Å²) in [6.45, 7) is 2.38. The molecule has 1 aromatic heterocycles. The van der Waals surface area contributed by atoms with Crippen LogP contribution in [0.1, 0.15) is 12.5 Å². The third-order valence-corrected chi connectivity index (χ3v) is 2.65. The van der Waals surface area contributed by atoms with Crippen molar-refractivity contribution in [2.45, 2.75) is 25.9 Å². The van der Waals surface area contributed by atoms with Crippen molar-refractivity contribution in [3.05, 3.63) is 36.0 Å². The van der Waals surface area contributed by atoms with Crippen molar-refractivity contribution in [2.24, 2.45) is 5.73 Å². The van der Waals surface area contributed by atoms with Gasteiger partial charge in [0.25, 0.3) is 0 Å². The van der Waals surface area contributed by atoms with Gasteiger partial charge >= 0.3 is 0 Å². The maximum absolute atomic E-state index is 8.77. The summed E-state index contributed by atoms with van der Waals surface area (Å²) in [4.78, 5) is 0. The number of para-hydroxylation sites is 1. The van der Waals surface area contributed by atoms with E-state index in [9.17, 15) is 0 Å². The second kappa shape index (κ2) is 4.38. The number of hydrogen-bond donors (Lipinski definition) is 1. The molecule has 0 amide bonds. The maximum atomic E-state index is 8.77. The largest absolute Gasteiger partial charge is 0.333 e. The molecule has 0 aliphatic rings. The number of aromatic nitrogens is 1. The van der Waals surface area contributed by atoms with Crippen molar-refractivity contribution in [1.82, 2.24) is 4.57 Å². The summed E-state index contributed by atoms with van der Waals surface area (Å²) in [5.41, 5.74) is 8.16. The smallest absolute Gasteiger partial charge is 0.110 e. The molecule has 1 heterocycles. The van der Waals surface area contributed by atoms with Gasteiger partial charge in [-0.15, -0.1) is 0 Å². The molecule has 0 spiro atoms. The minimum atomic E-state index is 0.140. The van der Waals surface area contributed by atoms with Gasteiger partial charge in [0, 0.05) is 23.1 Å². The Labute approximate surface area is 95.1 Å². The molecule has 16 heavy (non-hydrogen) atoms. The first-order chi connectivity index (χ1) is 7.72. The number of nitriles is 1. The fourth-order valence-corrected chi connectivity index (χ4v) is 2.04. The van der Waals surface area contributed by atoms with Crippen molar-refractivity contribution >= 4 is 10.9 Å². The molecule has 1 aromatic carbocycles. The fourth-order valence-electron chi connectivity index (χ4n) is 2.04. The van der Waals surface area contributed by atoms with E-state index in [0.29, 0.717) is 6.54 Å². The van der Waals surface area contributed by atoms with Crippen LogP contribution < -0.4 is 5.73 Å². The zero-order chi connectivity index (χ0) is 11.5. The quantitative estimate of drug-likeness (QED) is 0.848. The molecule has 0 saturated carbocycles. The van der Waals surface area contributed by atoms with Gasteiger partial charge in [0.2, 0.25) is 0 Å². The Morgan fingerprint density at radius 1 is 1.44 bits per heavy atom. The number of rotatable bonds is 3. The minimum Gasteiger partial charge on any atom is -0.333 e. The van der Waals surface area contributed by atoms with E-state index in [1.807, 2.05) is 35.9 Å². The predicted molar refractivity (Wildman–Crippen MR) is 64.9 cm³/mol. The van der Waals surface area contributed by atoms with Gasteiger partial charge in [-0.2, -0.15) is 5.26 Å². The van der Waals surface area contributed by atoms with Gasteiger partial charge < -0.3 is 10.3 Å². The molecule has 0 radical (unpaired) electrons. The average molecular weight is 213 g/mol. The Hall–Kier alpha value is -1.79. The van der Waals surface area contributed by atoms with Crippen molar-refractivity contribution in [3.63, 3.8) is 0 Å². The third kappa shape index (κ3) is 1.93. The van der Waals surface area contributed by atoms with E-state index in [4.69, 9.17) is 11.0 Å². The SMILES string of the molecule is CC(N)Cc1cn(CC#N)c2ccccc12. The number of benzene rings is 1. The monoisotopic (exact) mass is 213 g/mol. The molecule has 0 fully saturated rings. The molecule has 2 N–H and O–H groups in total. The first-order valence-electron chi connectivity index (χ1n) is 5.41. The van der Waals surface area contributed by atoms with Crippen molar-refractivity contribution in [1.29, 1.82) is 5.26 Å². The Balaban J connectivity index is 2.54. The van der Waals surface area contributed by atoms with E-state index in [1.54, 1.807) is 0 Å². The summed E-state index contributed by atoms with van der Waals surface area (Å²) in [6, 6.07) is 10.4. The molecule has 82 valence electrons. The normalized spacial score (nSPS) is 12.6. The van der Waals surface area contributed by atoms with Gasteiger partial charge in [-0.3, -0.25) is 0 Å². The summed E-state index contributed by atoms with van der Waals surface area (Å²) >= 11 is 0. The zero-order valence-corrected chi connectivity index (χ0v) is 9.35. The molecular formula is C13H15N3. The summed E-state index contributed by atoms with van der Waals surface area (Å²) in [5, 5.41) is 9.98. The van der Waals surface area contributed by atoms with Crippen LogP contribution in [0.15, 0.2) is 30.5 Å². The van der Waals surface area contributed by atoms with E-state index < -0.39 is 0 Å². The Morgan fingerprint density at radius 3 is 2.88 bits per heavy atom. The zero-order valence-electron chi connectivity index (χ0n) is 9.35. The first kappa shape index (κ1) is 10.7. The maximum Gasteiger partial charge on any atom is 0.110 e. The number of fused-ring (bicyclic) bond motifs is 1. The summed E-state index contributed by atoms with van der Waals surface area (Å²) in [5.74, 6) is 0. The molecular weight excluding hydrogens is 198 g/mol. The lowest BCUT2D eigenvalue weighted by molar-refractivity contribution is 0.736. The highest BCUT2D eigenvalue weighted by Gasteiger charge is 2.08. The number of nitrogens with zero attached hydrogens (tertiary/aromatic N) is 2. The molecule has 1 atom stereocenters. The minimum absolute atomic E-state index is 0.140. The molecule has 1 unspecified atom stereocenters. The van der Waals surface area contributed by atoms with Crippen molar-refractivity contribution < 1.29 is 0 Å². The van der Waals surface area contributed by atoms with Crippen LogP contribution in [-0.4, -0.2) is 10.6 Å². The van der Waals surface area contributed by atoms with Crippen LogP contribution in [0.4, 0.5) is 0 Å². The average Bonchev–Trinajstić information content (AvgIpc) is 2.58. The second-order valence-electron chi connectivity index (χ2n) is 4.14. The molecule has 0 saturated heterocycles. The molecule has 2 rings (SSSR count). The van der Waals surface area contributed by atoms with Crippen LogP contribution in [0, 0.1) is 11.3 Å². The lowest BCUT2D eigenvalue weighted by Gasteiger charge is -2.02. The van der Waals surface area contributed by atoms with Crippen LogP contribution in [0.3, 0.4) is 0 Å². The van der Waals surface area contributed by atoms with E-state index in [1.165, 1.54) is 10.9 Å². The van der Waals surface area contributed by atoms with E-state index in [0.717, 1.165) is 11.9 Å². The van der Waals surface area contributed by atoms with Crippen LogP contribution >= 0.6 is 0 Å². The Morgan fingerprint density at radius 2 is 2.19 bits per heavy atom. The molecule has 0 aliphatic carbocycles. The van der Waals surface area contributed by atoms with Gasteiger partial charge in [0.1, 0.15) is 6.54 Å². The number of nitrogens with two attached hydrogens (primary N) is 1. The van der Waals surface area contributed by atoms with Gasteiger partial charge in [0.05, 0.1) is 6.07 Å². The van der Waals surface area contributed by atoms with Crippen molar-refractivity contribution in [3.8, 4) is 6.07 Å². The van der Waals surface area contributed by atoms with Crippen molar-refractivity contribution in [2.75, 3.05) is 0 Å².